The van der Waals surface area contributed by atoms with Gasteiger partial charge < -0.3 is 10.1 Å². The van der Waals surface area contributed by atoms with Crippen molar-refractivity contribution in [3.05, 3.63) is 0 Å². The van der Waals surface area contributed by atoms with Crippen LogP contribution in [0, 0.1) is 0 Å². The summed E-state index contributed by atoms with van der Waals surface area (Å²) >= 11 is 0. The maximum Gasteiger partial charge on any atom is 0.114 e. The van der Waals surface area contributed by atoms with Gasteiger partial charge in [-0.3, -0.25) is 4.90 Å². The minimum Gasteiger partial charge on any atom is -0.370 e. The van der Waals surface area contributed by atoms with E-state index in [0.717, 1.165) is 13.1 Å². The molecule has 3 atom stereocenters. The van der Waals surface area contributed by atoms with Crippen molar-refractivity contribution in [2.24, 2.45) is 0 Å². The Hall–Kier alpha value is -0.190. The van der Waals surface area contributed by atoms with Crippen molar-refractivity contribution in [2.75, 3.05) is 26.7 Å². The summed E-state index contributed by atoms with van der Waals surface area (Å²) in [5, 5.41) is 3.18. The second-order valence-electron chi connectivity index (χ2n) is 6.67. The Morgan fingerprint density at radius 1 is 1.32 bits per heavy atom. The first kappa shape index (κ1) is 13.8. The number of hydrogen-bond acceptors (Lipinski definition) is 3. The molecule has 1 saturated carbocycles. The molecule has 19 heavy (non-hydrogen) atoms. The lowest BCUT2D eigenvalue weighted by Gasteiger charge is -2.29. The highest BCUT2D eigenvalue weighted by Gasteiger charge is 2.43. The zero-order valence-electron chi connectivity index (χ0n) is 12.0. The van der Waals surface area contributed by atoms with Crippen LogP contribution in [0.2, 0.25) is 0 Å². The number of rotatable bonds is 4. The van der Waals surface area contributed by atoms with Crippen molar-refractivity contribution in [2.45, 2.75) is 68.9 Å². The second kappa shape index (κ2) is 5.66. The number of nitrogens with one attached hydrogen (secondary N) is 1. The number of alkyl halides is 1. The first-order valence-electron chi connectivity index (χ1n) is 7.91. The first-order chi connectivity index (χ1) is 9.21. The molecule has 2 aliphatic heterocycles. The zero-order valence-corrected chi connectivity index (χ0v) is 12.0. The molecule has 4 heteroatoms. The van der Waals surface area contributed by atoms with Gasteiger partial charge in [-0.1, -0.05) is 12.8 Å². The molecule has 0 radical (unpaired) electrons. The van der Waals surface area contributed by atoms with Gasteiger partial charge >= 0.3 is 0 Å². The van der Waals surface area contributed by atoms with Crippen molar-refractivity contribution in [3.8, 4) is 0 Å². The Kier molecular flexibility index (Phi) is 4.11. The van der Waals surface area contributed by atoms with Gasteiger partial charge in [-0.05, 0) is 39.2 Å². The smallest absolute Gasteiger partial charge is 0.114 e. The average Bonchev–Trinajstić information content (AvgIpc) is 3.06. The highest BCUT2D eigenvalue weighted by atomic mass is 19.1. The largest absolute Gasteiger partial charge is 0.370 e. The predicted octanol–water partition coefficient (Wildman–Crippen LogP) is 2.11. The van der Waals surface area contributed by atoms with Gasteiger partial charge in [-0.2, -0.15) is 0 Å². The molecule has 0 aromatic heterocycles. The van der Waals surface area contributed by atoms with E-state index in [1.165, 1.54) is 38.5 Å². The Balaban J connectivity index is 1.53. The number of nitrogens with zero attached hydrogens (tertiary/aromatic N) is 1. The van der Waals surface area contributed by atoms with Crippen LogP contribution in [-0.4, -0.2) is 55.5 Å². The van der Waals surface area contributed by atoms with Crippen LogP contribution in [0.15, 0.2) is 0 Å². The summed E-state index contributed by atoms with van der Waals surface area (Å²) in [6, 6.07) is 0.351. The molecule has 0 aromatic carbocycles. The molecular weight excluding hydrogens is 243 g/mol. The van der Waals surface area contributed by atoms with E-state index in [0.29, 0.717) is 25.1 Å². The number of likely N-dealkylation sites (tertiary alicyclic amines) is 1. The van der Waals surface area contributed by atoms with Crippen molar-refractivity contribution in [3.63, 3.8) is 0 Å². The molecule has 1 spiro atoms. The molecule has 3 rings (SSSR count). The van der Waals surface area contributed by atoms with E-state index in [1.807, 2.05) is 7.05 Å². The number of hydrogen-bond donors (Lipinski definition) is 1. The third-order valence-electron chi connectivity index (χ3n) is 5.21. The van der Waals surface area contributed by atoms with E-state index in [1.54, 1.807) is 0 Å². The summed E-state index contributed by atoms with van der Waals surface area (Å²) < 4.78 is 20.0. The van der Waals surface area contributed by atoms with Crippen LogP contribution >= 0.6 is 0 Å². The van der Waals surface area contributed by atoms with Gasteiger partial charge in [0.15, 0.2) is 0 Å². The standard InChI is InChI=1S/C15H27FN2O/c1-17-9-13-8-12(16)10-18(13)11-14-4-7-15(19-14)5-2-3-6-15/h12-14,17H,2-11H2,1H3/t12-,13-,14?/m0/s1. The predicted molar refractivity (Wildman–Crippen MR) is 74.1 cm³/mol. The van der Waals surface area contributed by atoms with E-state index in [4.69, 9.17) is 4.74 Å². The molecule has 3 nitrogen and oxygen atoms in total. The highest BCUT2D eigenvalue weighted by molar-refractivity contribution is 4.95. The fourth-order valence-corrected chi connectivity index (χ4v) is 4.27. The summed E-state index contributed by atoms with van der Waals surface area (Å²) in [5.74, 6) is 0. The van der Waals surface area contributed by atoms with E-state index in [2.05, 4.69) is 10.2 Å². The van der Waals surface area contributed by atoms with Crippen molar-refractivity contribution < 1.29 is 9.13 Å². The van der Waals surface area contributed by atoms with E-state index in [9.17, 15) is 4.39 Å². The quantitative estimate of drug-likeness (QED) is 0.847. The lowest BCUT2D eigenvalue weighted by atomic mass is 9.98. The fraction of sp³-hybridized carbons (Fsp3) is 1.00. The third-order valence-corrected chi connectivity index (χ3v) is 5.21. The van der Waals surface area contributed by atoms with Crippen molar-refractivity contribution in [1.82, 2.24) is 10.2 Å². The number of halogens is 1. The average molecular weight is 270 g/mol. The third kappa shape index (κ3) is 2.96. The van der Waals surface area contributed by atoms with Crippen LogP contribution in [-0.2, 0) is 4.74 Å². The first-order valence-corrected chi connectivity index (χ1v) is 7.91. The minimum absolute atomic E-state index is 0.206. The van der Waals surface area contributed by atoms with E-state index >= 15 is 0 Å². The van der Waals surface area contributed by atoms with E-state index < -0.39 is 6.17 Å². The summed E-state index contributed by atoms with van der Waals surface area (Å²) in [5.41, 5.74) is 0.206. The fourth-order valence-electron chi connectivity index (χ4n) is 4.27. The molecule has 110 valence electrons. The number of likely N-dealkylation sites (N-methyl/N-ethyl adjacent to an activating group) is 1. The molecular formula is C15H27FN2O. The maximum atomic E-state index is 13.6. The molecule has 0 bridgehead atoms. The Morgan fingerprint density at radius 3 is 2.84 bits per heavy atom. The van der Waals surface area contributed by atoms with Gasteiger partial charge in [0, 0.05) is 25.7 Å². The molecule has 2 saturated heterocycles. The SMILES string of the molecule is CNC[C@@H]1C[C@H](F)CN1CC1CCC2(CCCC2)O1. The van der Waals surface area contributed by atoms with Gasteiger partial charge in [0.05, 0.1) is 11.7 Å². The zero-order chi connectivity index (χ0) is 13.3. The van der Waals surface area contributed by atoms with Gasteiger partial charge in [-0.25, -0.2) is 4.39 Å². The number of ether oxygens (including phenoxy) is 1. The monoisotopic (exact) mass is 270 g/mol. The molecule has 3 fully saturated rings. The lowest BCUT2D eigenvalue weighted by molar-refractivity contribution is -0.0486. The van der Waals surface area contributed by atoms with E-state index in [-0.39, 0.29) is 5.60 Å². The van der Waals surface area contributed by atoms with Gasteiger partial charge in [-0.15, -0.1) is 0 Å². The molecule has 1 unspecified atom stereocenters. The van der Waals surface area contributed by atoms with Crippen LogP contribution in [0.25, 0.3) is 0 Å². The molecule has 0 amide bonds. The van der Waals surface area contributed by atoms with Crippen LogP contribution in [0.4, 0.5) is 4.39 Å². The molecule has 3 aliphatic rings. The molecule has 1 aliphatic carbocycles. The van der Waals surface area contributed by atoms with Crippen LogP contribution in [0.5, 0.6) is 0 Å². The van der Waals surface area contributed by atoms with Crippen LogP contribution in [0.3, 0.4) is 0 Å². The summed E-state index contributed by atoms with van der Waals surface area (Å²) in [6.07, 6.45) is 7.89. The summed E-state index contributed by atoms with van der Waals surface area (Å²) in [7, 11) is 1.95. The summed E-state index contributed by atoms with van der Waals surface area (Å²) in [6.45, 7) is 2.41. The van der Waals surface area contributed by atoms with Gasteiger partial charge in [0.25, 0.3) is 0 Å². The molecule has 0 aromatic rings. The van der Waals surface area contributed by atoms with Crippen LogP contribution < -0.4 is 5.32 Å². The Morgan fingerprint density at radius 2 is 2.11 bits per heavy atom. The molecule has 2 heterocycles. The topological polar surface area (TPSA) is 24.5 Å². The highest BCUT2D eigenvalue weighted by Crippen LogP contribution is 2.43. The lowest BCUT2D eigenvalue weighted by Crippen LogP contribution is -2.41. The second-order valence-corrected chi connectivity index (χ2v) is 6.67. The maximum absolute atomic E-state index is 13.6. The summed E-state index contributed by atoms with van der Waals surface area (Å²) in [4.78, 5) is 2.31. The van der Waals surface area contributed by atoms with Gasteiger partial charge in [0.1, 0.15) is 6.17 Å². The normalized spacial score (nSPS) is 38.5. The Bertz CT molecular complexity index is 307. The Labute approximate surface area is 115 Å². The van der Waals surface area contributed by atoms with Crippen molar-refractivity contribution in [1.29, 1.82) is 0 Å². The molecule has 1 N–H and O–H groups in total. The van der Waals surface area contributed by atoms with Crippen LogP contribution in [0.1, 0.15) is 44.9 Å². The minimum atomic E-state index is -0.653. The van der Waals surface area contributed by atoms with Crippen molar-refractivity contribution >= 4 is 0 Å². The van der Waals surface area contributed by atoms with Gasteiger partial charge in [0.2, 0.25) is 0 Å².